The van der Waals surface area contributed by atoms with E-state index in [1.54, 1.807) is 24.3 Å². The molecule has 2 aromatic rings. The molecular weight excluding hydrogens is 406 g/mol. The maximum Gasteiger partial charge on any atom is 0.282 e. The zero-order chi connectivity index (χ0) is 23.0. The van der Waals surface area contributed by atoms with E-state index in [2.05, 4.69) is 20.8 Å². The fourth-order valence-corrected chi connectivity index (χ4v) is 4.46. The van der Waals surface area contributed by atoms with Crippen molar-refractivity contribution in [1.82, 2.24) is 4.90 Å². The Hall–Kier alpha value is -3.48. The molecule has 2 aromatic carbocycles. The Kier molecular flexibility index (Phi) is 5.82. The zero-order valence-electron chi connectivity index (χ0n) is 18.6. The third-order valence-electron chi connectivity index (χ3n) is 6.22. The van der Waals surface area contributed by atoms with Crippen LogP contribution in [0.2, 0.25) is 0 Å². The number of hydrogen-bond donors (Lipinski definition) is 0. The summed E-state index contributed by atoms with van der Waals surface area (Å²) in [5.74, 6) is 0.0222. The quantitative estimate of drug-likeness (QED) is 0.387. The van der Waals surface area contributed by atoms with Crippen molar-refractivity contribution in [3.63, 3.8) is 0 Å². The van der Waals surface area contributed by atoms with Gasteiger partial charge in [0.2, 0.25) is 0 Å². The number of rotatable bonds is 5. The number of carbonyl (C=O) groups excluding carboxylic acids is 2. The lowest BCUT2D eigenvalue weighted by Gasteiger charge is -2.33. The van der Waals surface area contributed by atoms with E-state index >= 15 is 0 Å². The van der Waals surface area contributed by atoms with E-state index in [9.17, 15) is 19.7 Å². The van der Waals surface area contributed by atoms with Gasteiger partial charge in [0.1, 0.15) is 5.70 Å². The molecule has 166 valence electrons. The van der Waals surface area contributed by atoms with Gasteiger partial charge in [0.15, 0.2) is 0 Å². The summed E-state index contributed by atoms with van der Waals surface area (Å²) in [4.78, 5) is 41.0. The van der Waals surface area contributed by atoms with Gasteiger partial charge in [0, 0.05) is 25.2 Å². The molecule has 2 aliphatic rings. The van der Waals surface area contributed by atoms with Crippen molar-refractivity contribution in [2.75, 3.05) is 18.0 Å². The molecule has 0 aromatic heterocycles. The molecule has 0 spiro atoms. The molecule has 0 aliphatic carbocycles. The van der Waals surface area contributed by atoms with Crippen LogP contribution in [0.1, 0.15) is 50.7 Å². The smallest absolute Gasteiger partial charge is 0.282 e. The van der Waals surface area contributed by atoms with E-state index in [1.165, 1.54) is 17.0 Å². The summed E-state index contributed by atoms with van der Waals surface area (Å²) >= 11 is 0. The van der Waals surface area contributed by atoms with Crippen LogP contribution in [0.4, 0.5) is 11.4 Å². The molecule has 1 atom stereocenters. The third kappa shape index (κ3) is 3.90. The largest absolute Gasteiger partial charge is 0.366 e. The summed E-state index contributed by atoms with van der Waals surface area (Å²) in [5, 5.41) is 11.1. The molecule has 1 fully saturated rings. The van der Waals surface area contributed by atoms with Gasteiger partial charge in [-0.15, -0.1) is 0 Å². The molecule has 1 saturated heterocycles. The lowest BCUT2D eigenvalue weighted by atomic mass is 9.97. The third-order valence-corrected chi connectivity index (χ3v) is 6.22. The van der Waals surface area contributed by atoms with Crippen molar-refractivity contribution < 1.29 is 14.5 Å². The molecule has 32 heavy (non-hydrogen) atoms. The standard InChI is InChI=1S/C25H27N3O4/c1-16(2)18-6-10-20(11-7-18)27-24(29)22(19-8-12-21(13-9-19)28(31)32)23(25(27)30)26-14-4-5-17(3)15-26/h6-13,16-17H,4-5,14-15H2,1-3H3. The van der Waals surface area contributed by atoms with Crippen LogP contribution in [0.25, 0.3) is 5.57 Å². The highest BCUT2D eigenvalue weighted by Gasteiger charge is 2.43. The maximum absolute atomic E-state index is 13.6. The molecule has 1 unspecified atom stereocenters. The van der Waals surface area contributed by atoms with E-state index in [0.717, 1.165) is 18.4 Å². The number of nitro groups is 1. The summed E-state index contributed by atoms with van der Waals surface area (Å²) in [6, 6.07) is 13.3. The summed E-state index contributed by atoms with van der Waals surface area (Å²) in [6.45, 7) is 7.72. The Balaban J connectivity index is 1.78. The summed E-state index contributed by atoms with van der Waals surface area (Å²) in [5.41, 5.74) is 2.82. The molecule has 2 aliphatic heterocycles. The van der Waals surface area contributed by atoms with Gasteiger partial charge >= 0.3 is 0 Å². The van der Waals surface area contributed by atoms with Crippen LogP contribution in [-0.2, 0) is 9.59 Å². The van der Waals surface area contributed by atoms with Gasteiger partial charge in [-0.05, 0) is 60.1 Å². The predicted molar refractivity (Wildman–Crippen MR) is 123 cm³/mol. The average molecular weight is 434 g/mol. The van der Waals surface area contributed by atoms with Crippen molar-refractivity contribution in [1.29, 1.82) is 0 Å². The molecule has 4 rings (SSSR count). The Morgan fingerprint density at radius 1 is 1.00 bits per heavy atom. The molecule has 0 bridgehead atoms. The zero-order valence-corrected chi connectivity index (χ0v) is 18.6. The maximum atomic E-state index is 13.6. The average Bonchev–Trinajstić information content (AvgIpc) is 3.03. The topological polar surface area (TPSA) is 83.8 Å². The first kappa shape index (κ1) is 21.7. The van der Waals surface area contributed by atoms with E-state index < -0.39 is 10.8 Å². The number of anilines is 1. The molecule has 7 nitrogen and oxygen atoms in total. The van der Waals surface area contributed by atoms with Crippen molar-refractivity contribution in [2.45, 2.75) is 39.5 Å². The Morgan fingerprint density at radius 3 is 2.22 bits per heavy atom. The molecule has 0 N–H and O–H groups in total. The van der Waals surface area contributed by atoms with Crippen LogP contribution >= 0.6 is 0 Å². The monoisotopic (exact) mass is 433 g/mol. The fraction of sp³-hybridized carbons (Fsp3) is 0.360. The van der Waals surface area contributed by atoms with E-state index in [-0.39, 0.29) is 11.6 Å². The lowest BCUT2D eigenvalue weighted by Crippen LogP contribution is -2.39. The minimum absolute atomic E-state index is 0.0552. The normalized spacial score (nSPS) is 19.3. The number of carbonyl (C=O) groups is 2. The predicted octanol–water partition coefficient (Wildman–Crippen LogP) is 4.73. The number of benzene rings is 2. The van der Waals surface area contributed by atoms with Gasteiger partial charge in [0.05, 0.1) is 16.2 Å². The number of amides is 2. The van der Waals surface area contributed by atoms with Gasteiger partial charge in [-0.25, -0.2) is 4.90 Å². The summed E-state index contributed by atoms with van der Waals surface area (Å²) < 4.78 is 0. The summed E-state index contributed by atoms with van der Waals surface area (Å²) in [7, 11) is 0. The van der Waals surface area contributed by atoms with Gasteiger partial charge in [-0.3, -0.25) is 19.7 Å². The highest BCUT2D eigenvalue weighted by molar-refractivity contribution is 6.45. The van der Waals surface area contributed by atoms with Crippen LogP contribution in [-0.4, -0.2) is 34.7 Å². The van der Waals surface area contributed by atoms with Gasteiger partial charge < -0.3 is 4.90 Å². The molecule has 0 saturated carbocycles. The van der Waals surface area contributed by atoms with Crippen molar-refractivity contribution in [2.24, 2.45) is 5.92 Å². The highest BCUT2D eigenvalue weighted by Crippen LogP contribution is 2.37. The SMILES string of the molecule is CC1CCCN(C2=C(c3ccc([N+](=O)[O-])cc3)C(=O)N(c3ccc(C(C)C)cc3)C2=O)C1. The second-order valence-electron chi connectivity index (χ2n) is 8.91. The first-order valence-electron chi connectivity index (χ1n) is 11.0. The number of nitrogens with zero attached hydrogens (tertiary/aromatic N) is 3. The second kappa shape index (κ2) is 8.57. The van der Waals surface area contributed by atoms with E-state index in [1.807, 2.05) is 17.0 Å². The van der Waals surface area contributed by atoms with Gasteiger partial charge in [0.25, 0.3) is 17.5 Å². The molecule has 7 heteroatoms. The van der Waals surface area contributed by atoms with Crippen LogP contribution in [0.3, 0.4) is 0 Å². The van der Waals surface area contributed by atoms with Crippen LogP contribution in [0, 0.1) is 16.0 Å². The second-order valence-corrected chi connectivity index (χ2v) is 8.91. The Bertz CT molecular complexity index is 1090. The molecule has 2 amide bonds. The van der Waals surface area contributed by atoms with Crippen molar-refractivity contribution in [3.05, 3.63) is 75.5 Å². The summed E-state index contributed by atoms with van der Waals surface area (Å²) in [6.07, 6.45) is 2.03. The van der Waals surface area contributed by atoms with Gasteiger partial charge in [-0.2, -0.15) is 0 Å². The number of likely N-dealkylation sites (tertiary alicyclic amines) is 1. The van der Waals surface area contributed by atoms with Gasteiger partial charge in [-0.1, -0.05) is 32.9 Å². The minimum Gasteiger partial charge on any atom is -0.366 e. The van der Waals surface area contributed by atoms with Crippen molar-refractivity contribution in [3.8, 4) is 0 Å². The highest BCUT2D eigenvalue weighted by atomic mass is 16.6. The van der Waals surface area contributed by atoms with E-state index in [4.69, 9.17) is 0 Å². The number of imide groups is 1. The Labute approximate surface area is 187 Å². The number of piperidine rings is 1. The fourth-order valence-electron chi connectivity index (χ4n) is 4.46. The first-order chi connectivity index (χ1) is 15.3. The first-order valence-corrected chi connectivity index (χ1v) is 11.0. The Morgan fingerprint density at radius 2 is 1.66 bits per heavy atom. The molecular formula is C25H27N3O4. The molecule has 2 heterocycles. The van der Waals surface area contributed by atoms with Crippen LogP contribution in [0.5, 0.6) is 0 Å². The van der Waals surface area contributed by atoms with Crippen molar-refractivity contribution >= 4 is 28.8 Å². The van der Waals surface area contributed by atoms with Crippen LogP contribution < -0.4 is 4.90 Å². The number of hydrogen-bond acceptors (Lipinski definition) is 5. The number of nitro benzene ring substituents is 1. The number of non-ortho nitro benzene ring substituents is 1. The lowest BCUT2D eigenvalue weighted by molar-refractivity contribution is -0.384. The molecule has 0 radical (unpaired) electrons. The minimum atomic E-state index is -0.477. The van der Waals surface area contributed by atoms with E-state index in [0.29, 0.717) is 47.4 Å². The van der Waals surface area contributed by atoms with Crippen LogP contribution in [0.15, 0.2) is 54.2 Å².